The summed E-state index contributed by atoms with van der Waals surface area (Å²) in [6.45, 7) is 2.20. The minimum atomic E-state index is 0. The minimum absolute atomic E-state index is 0. The van der Waals surface area contributed by atoms with Crippen LogP contribution in [0.3, 0.4) is 0 Å². The van der Waals surface area contributed by atoms with Crippen molar-refractivity contribution in [2.24, 2.45) is 0 Å². The molecule has 1 saturated heterocycles. The number of nitrogens with zero attached hydrogens (tertiary/aromatic N) is 4. The molecule has 1 aliphatic heterocycles. The van der Waals surface area contributed by atoms with Crippen LogP contribution in [0.2, 0.25) is 4.34 Å². The van der Waals surface area contributed by atoms with Crippen molar-refractivity contribution in [3.05, 3.63) is 41.0 Å². The van der Waals surface area contributed by atoms with Gasteiger partial charge in [-0.05, 0) is 43.5 Å². The highest BCUT2D eigenvalue weighted by molar-refractivity contribution is 7.18. The van der Waals surface area contributed by atoms with Crippen LogP contribution in [0.1, 0.15) is 19.3 Å². The van der Waals surface area contributed by atoms with Gasteiger partial charge in [-0.3, -0.25) is 0 Å². The molecule has 0 bridgehead atoms. The SMILES string of the molecule is COc1ccc(-c2ncc(Cl)s2)nc1Nc1ccc(N2CCCCC2)cn1.Cl.Cl. The van der Waals surface area contributed by atoms with Crippen molar-refractivity contribution in [3.8, 4) is 16.5 Å². The number of aromatic nitrogens is 3. The van der Waals surface area contributed by atoms with Crippen molar-refractivity contribution in [1.29, 1.82) is 0 Å². The molecule has 1 N–H and O–H groups in total. The maximum Gasteiger partial charge on any atom is 0.175 e. The standard InChI is InChI=1S/C19H20ClN5OS.2ClH/c1-26-15-7-6-14(19-22-12-16(20)27-19)23-18(15)24-17-8-5-13(11-21-17)25-9-3-2-4-10-25;;/h5-8,11-12H,2-4,9-10H2,1H3,(H,21,23,24);2*1H. The number of ether oxygens (including phenoxy) is 1. The van der Waals surface area contributed by atoms with Gasteiger partial charge in [-0.2, -0.15) is 0 Å². The molecule has 0 atom stereocenters. The van der Waals surface area contributed by atoms with E-state index in [-0.39, 0.29) is 24.8 Å². The summed E-state index contributed by atoms with van der Waals surface area (Å²) in [4.78, 5) is 15.9. The van der Waals surface area contributed by atoms with Gasteiger partial charge in [-0.15, -0.1) is 36.2 Å². The highest BCUT2D eigenvalue weighted by atomic mass is 35.5. The molecule has 0 amide bonds. The number of nitrogens with one attached hydrogen (secondary N) is 1. The van der Waals surface area contributed by atoms with Gasteiger partial charge in [0.2, 0.25) is 0 Å². The predicted octanol–water partition coefficient (Wildman–Crippen LogP) is 5.84. The molecule has 0 saturated carbocycles. The van der Waals surface area contributed by atoms with Crippen molar-refractivity contribution in [2.45, 2.75) is 19.3 Å². The number of methoxy groups -OCH3 is 1. The zero-order valence-corrected chi connectivity index (χ0v) is 19.0. The van der Waals surface area contributed by atoms with Gasteiger partial charge in [-0.25, -0.2) is 15.0 Å². The van der Waals surface area contributed by atoms with Crippen LogP contribution < -0.4 is 15.0 Å². The Kier molecular flexibility index (Phi) is 8.77. The summed E-state index contributed by atoms with van der Waals surface area (Å²) in [6, 6.07) is 7.80. The maximum absolute atomic E-state index is 5.99. The molecule has 10 heteroatoms. The molecule has 29 heavy (non-hydrogen) atoms. The number of piperidine rings is 1. The van der Waals surface area contributed by atoms with Crippen LogP contribution in [0.15, 0.2) is 36.7 Å². The van der Waals surface area contributed by atoms with Crippen LogP contribution in [0.25, 0.3) is 10.7 Å². The van der Waals surface area contributed by atoms with E-state index in [1.54, 1.807) is 13.3 Å². The van der Waals surface area contributed by atoms with E-state index < -0.39 is 0 Å². The first kappa shape index (κ1) is 23.5. The van der Waals surface area contributed by atoms with Gasteiger partial charge in [0.15, 0.2) is 11.6 Å². The summed E-state index contributed by atoms with van der Waals surface area (Å²) in [6.07, 6.45) is 7.34. The molecule has 0 unspecified atom stereocenters. The molecule has 0 aromatic carbocycles. The van der Waals surface area contributed by atoms with E-state index in [1.165, 1.54) is 30.6 Å². The van der Waals surface area contributed by atoms with Crippen molar-refractivity contribution in [3.63, 3.8) is 0 Å². The Labute approximate surface area is 191 Å². The topological polar surface area (TPSA) is 63.2 Å². The third-order valence-electron chi connectivity index (χ3n) is 4.49. The zero-order chi connectivity index (χ0) is 18.6. The Balaban J connectivity index is 0.00000150. The van der Waals surface area contributed by atoms with Crippen LogP contribution in [-0.4, -0.2) is 35.2 Å². The van der Waals surface area contributed by atoms with Crippen molar-refractivity contribution in [2.75, 3.05) is 30.4 Å². The number of halogens is 3. The maximum atomic E-state index is 5.99. The number of hydrogen-bond donors (Lipinski definition) is 1. The molecule has 4 rings (SSSR count). The van der Waals surface area contributed by atoms with E-state index in [0.29, 0.717) is 15.9 Å². The normalized spacial score (nSPS) is 13.2. The Morgan fingerprint density at radius 2 is 1.83 bits per heavy atom. The van der Waals surface area contributed by atoms with Gasteiger partial charge < -0.3 is 15.0 Å². The fourth-order valence-electron chi connectivity index (χ4n) is 3.11. The second kappa shape index (κ2) is 10.8. The first-order valence-electron chi connectivity index (χ1n) is 8.88. The molecular formula is C19H22Cl3N5OS. The lowest BCUT2D eigenvalue weighted by atomic mass is 10.1. The van der Waals surface area contributed by atoms with E-state index in [4.69, 9.17) is 16.3 Å². The summed E-state index contributed by atoms with van der Waals surface area (Å²) in [5.41, 5.74) is 1.89. The first-order valence-corrected chi connectivity index (χ1v) is 10.1. The summed E-state index contributed by atoms with van der Waals surface area (Å²) in [5, 5.41) is 4.01. The molecule has 0 radical (unpaired) electrons. The Hall–Kier alpha value is -1.80. The molecule has 3 aromatic heterocycles. The monoisotopic (exact) mass is 473 g/mol. The number of rotatable bonds is 5. The highest BCUT2D eigenvalue weighted by Crippen LogP contribution is 2.32. The fraction of sp³-hybridized carbons (Fsp3) is 0.316. The summed E-state index contributed by atoms with van der Waals surface area (Å²) < 4.78 is 6.06. The van der Waals surface area contributed by atoms with Crippen LogP contribution in [0.4, 0.5) is 17.3 Å². The van der Waals surface area contributed by atoms with Gasteiger partial charge in [0, 0.05) is 13.1 Å². The molecule has 0 aliphatic carbocycles. The van der Waals surface area contributed by atoms with Crippen LogP contribution in [0.5, 0.6) is 5.75 Å². The lowest BCUT2D eigenvalue weighted by molar-refractivity contribution is 0.415. The summed E-state index contributed by atoms with van der Waals surface area (Å²) in [7, 11) is 1.62. The summed E-state index contributed by atoms with van der Waals surface area (Å²) >= 11 is 7.38. The molecule has 1 aliphatic rings. The Morgan fingerprint density at radius 1 is 1.03 bits per heavy atom. The average molecular weight is 475 g/mol. The number of pyridine rings is 2. The van der Waals surface area contributed by atoms with Gasteiger partial charge in [-0.1, -0.05) is 11.6 Å². The Bertz CT molecular complexity index is 916. The molecule has 156 valence electrons. The average Bonchev–Trinajstić information content (AvgIpc) is 3.15. The van der Waals surface area contributed by atoms with Crippen molar-refractivity contribution < 1.29 is 4.74 Å². The molecular weight excluding hydrogens is 453 g/mol. The van der Waals surface area contributed by atoms with E-state index in [0.717, 1.165) is 35.3 Å². The molecule has 0 spiro atoms. The molecule has 4 heterocycles. The quantitative estimate of drug-likeness (QED) is 0.501. The van der Waals surface area contributed by atoms with Crippen molar-refractivity contribution >= 4 is 65.1 Å². The molecule has 6 nitrogen and oxygen atoms in total. The summed E-state index contributed by atoms with van der Waals surface area (Å²) in [5.74, 6) is 1.96. The van der Waals surface area contributed by atoms with E-state index in [1.807, 2.05) is 24.4 Å². The third-order valence-corrected chi connectivity index (χ3v) is 5.63. The van der Waals surface area contributed by atoms with Crippen LogP contribution in [0, 0.1) is 0 Å². The van der Waals surface area contributed by atoms with Gasteiger partial charge in [0.1, 0.15) is 20.9 Å². The van der Waals surface area contributed by atoms with Gasteiger partial charge in [0.25, 0.3) is 0 Å². The first-order chi connectivity index (χ1) is 13.2. The van der Waals surface area contributed by atoms with Crippen LogP contribution in [-0.2, 0) is 0 Å². The van der Waals surface area contributed by atoms with E-state index >= 15 is 0 Å². The fourth-order valence-corrected chi connectivity index (χ4v) is 3.99. The molecule has 1 fully saturated rings. The predicted molar refractivity (Wildman–Crippen MR) is 125 cm³/mol. The number of hydrogen-bond acceptors (Lipinski definition) is 7. The Morgan fingerprint density at radius 3 is 2.45 bits per heavy atom. The lowest BCUT2D eigenvalue weighted by Crippen LogP contribution is -2.29. The number of anilines is 3. The minimum Gasteiger partial charge on any atom is -0.493 e. The zero-order valence-electron chi connectivity index (χ0n) is 15.8. The van der Waals surface area contributed by atoms with Crippen molar-refractivity contribution in [1.82, 2.24) is 15.0 Å². The van der Waals surface area contributed by atoms with Gasteiger partial charge in [0.05, 0.1) is 25.2 Å². The molecule has 3 aromatic rings. The smallest absolute Gasteiger partial charge is 0.175 e. The highest BCUT2D eigenvalue weighted by Gasteiger charge is 2.13. The van der Waals surface area contributed by atoms with Crippen LogP contribution >= 0.6 is 47.8 Å². The second-order valence-corrected chi connectivity index (χ2v) is 7.95. The third kappa shape index (κ3) is 5.63. The largest absolute Gasteiger partial charge is 0.493 e. The van der Waals surface area contributed by atoms with E-state index in [9.17, 15) is 0 Å². The lowest BCUT2D eigenvalue weighted by Gasteiger charge is -2.28. The van der Waals surface area contributed by atoms with E-state index in [2.05, 4.69) is 31.2 Å². The number of thiazole rings is 1. The second-order valence-electron chi connectivity index (χ2n) is 6.29. The van der Waals surface area contributed by atoms with Gasteiger partial charge >= 0.3 is 0 Å².